The molecule has 0 amide bonds. The highest BCUT2D eigenvalue weighted by Gasteiger charge is 2.52. The van der Waals surface area contributed by atoms with Crippen molar-refractivity contribution in [2.24, 2.45) is 0 Å². The van der Waals surface area contributed by atoms with Gasteiger partial charge in [0, 0.05) is 13.1 Å². The minimum Gasteiger partial charge on any atom is -0.379 e. The molecule has 1 saturated heterocycles. The monoisotopic (exact) mass is 368 g/mol. The van der Waals surface area contributed by atoms with Crippen LogP contribution in [0.25, 0.3) is 0 Å². The van der Waals surface area contributed by atoms with Gasteiger partial charge in [0.05, 0.1) is 18.8 Å². The Hall–Kier alpha value is -1.75. The minimum absolute atomic E-state index is 0.300. The molecule has 2 unspecified atom stereocenters. The van der Waals surface area contributed by atoms with Crippen LogP contribution in [0, 0.1) is 0 Å². The van der Waals surface area contributed by atoms with Crippen LogP contribution in [-0.4, -0.2) is 67.1 Å². The summed E-state index contributed by atoms with van der Waals surface area (Å²) in [4.78, 5) is 18.8. The predicted octanol–water partition coefficient (Wildman–Crippen LogP) is 3.10. The quantitative estimate of drug-likeness (QED) is 0.740. The Bertz CT molecular complexity index is 692. The largest absolute Gasteiger partial charge is 0.379 e. The highest BCUT2D eigenvalue weighted by atomic mass is 16.5. The smallest absolute Gasteiger partial charge is 0.177 e. The summed E-state index contributed by atoms with van der Waals surface area (Å²) < 4.78 is 5.56. The molecule has 0 aromatic heterocycles. The van der Waals surface area contributed by atoms with E-state index in [1.807, 2.05) is 32.3 Å². The van der Waals surface area contributed by atoms with E-state index in [2.05, 4.69) is 53.1 Å². The molecule has 0 radical (unpaired) electrons. The van der Waals surface area contributed by atoms with Crippen molar-refractivity contribution in [3.8, 4) is 0 Å². The first-order valence-electron chi connectivity index (χ1n) is 9.98. The molecule has 1 aliphatic carbocycles. The third-order valence-corrected chi connectivity index (χ3v) is 6.22. The summed E-state index contributed by atoms with van der Waals surface area (Å²) in [6.07, 6.45) is 10.6. The van der Waals surface area contributed by atoms with Gasteiger partial charge in [-0.3, -0.25) is 14.6 Å². The van der Waals surface area contributed by atoms with E-state index < -0.39 is 11.1 Å². The number of benzene rings is 1. The normalized spacial score (nSPS) is 25.5. The van der Waals surface area contributed by atoms with Crippen molar-refractivity contribution in [3.05, 3.63) is 60.2 Å². The molecule has 4 nitrogen and oxygen atoms in total. The van der Waals surface area contributed by atoms with E-state index in [1.165, 1.54) is 5.56 Å². The molecule has 1 aromatic carbocycles. The van der Waals surface area contributed by atoms with Crippen LogP contribution in [-0.2, 0) is 16.0 Å². The number of rotatable bonds is 7. The maximum absolute atomic E-state index is 14.3. The van der Waals surface area contributed by atoms with Gasteiger partial charge in [-0.15, -0.1) is 0 Å². The first kappa shape index (κ1) is 20.0. The van der Waals surface area contributed by atoms with Crippen LogP contribution in [0.3, 0.4) is 0 Å². The molecule has 4 heteroatoms. The lowest BCUT2D eigenvalue weighted by atomic mass is 9.71. The first-order chi connectivity index (χ1) is 13.0. The minimum atomic E-state index is -0.590. The molecule has 2 atom stereocenters. The zero-order valence-electron chi connectivity index (χ0n) is 16.9. The number of Topliss-reactive ketones (excluding diaryl/α,β-unsaturated/α-hetero) is 1. The Morgan fingerprint density at radius 1 is 1.19 bits per heavy atom. The van der Waals surface area contributed by atoms with E-state index in [9.17, 15) is 4.79 Å². The summed E-state index contributed by atoms with van der Waals surface area (Å²) in [5, 5.41) is 0. The number of morpholine rings is 1. The molecule has 1 heterocycles. The zero-order valence-corrected chi connectivity index (χ0v) is 16.9. The highest BCUT2D eigenvalue weighted by Crippen LogP contribution is 2.36. The average molecular weight is 369 g/mol. The van der Waals surface area contributed by atoms with Gasteiger partial charge in [0.2, 0.25) is 0 Å². The predicted molar refractivity (Wildman–Crippen MR) is 110 cm³/mol. The Labute approximate surface area is 163 Å². The van der Waals surface area contributed by atoms with Gasteiger partial charge in [0.1, 0.15) is 5.54 Å². The fraction of sp³-hybridized carbons (Fsp3) is 0.522. The summed E-state index contributed by atoms with van der Waals surface area (Å²) in [7, 11) is 4.08. The molecule has 27 heavy (non-hydrogen) atoms. The number of ether oxygens (including phenoxy) is 1. The van der Waals surface area contributed by atoms with Crippen LogP contribution in [0.4, 0.5) is 0 Å². The second-order valence-electron chi connectivity index (χ2n) is 7.79. The van der Waals surface area contributed by atoms with E-state index in [-0.39, 0.29) is 0 Å². The van der Waals surface area contributed by atoms with Crippen molar-refractivity contribution < 1.29 is 9.53 Å². The molecular formula is C23H32N2O2. The lowest BCUT2D eigenvalue weighted by Gasteiger charge is -2.50. The number of hydrogen-bond acceptors (Lipinski definition) is 4. The third-order valence-electron chi connectivity index (χ3n) is 6.22. The molecule has 146 valence electrons. The van der Waals surface area contributed by atoms with Crippen molar-refractivity contribution in [2.45, 2.75) is 37.3 Å². The molecular weight excluding hydrogens is 336 g/mol. The Morgan fingerprint density at radius 3 is 2.44 bits per heavy atom. The van der Waals surface area contributed by atoms with Gasteiger partial charge in [-0.1, -0.05) is 61.6 Å². The molecule has 1 aromatic rings. The number of likely N-dealkylation sites (N-methyl/N-ethyl adjacent to an activating group) is 1. The van der Waals surface area contributed by atoms with Gasteiger partial charge in [-0.05, 0) is 38.9 Å². The van der Waals surface area contributed by atoms with Gasteiger partial charge in [0.25, 0.3) is 0 Å². The Kier molecular flexibility index (Phi) is 6.30. The van der Waals surface area contributed by atoms with Gasteiger partial charge >= 0.3 is 0 Å². The van der Waals surface area contributed by atoms with Gasteiger partial charge < -0.3 is 4.74 Å². The van der Waals surface area contributed by atoms with Crippen LogP contribution in [0.2, 0.25) is 0 Å². The van der Waals surface area contributed by atoms with Crippen LogP contribution >= 0.6 is 0 Å². The van der Waals surface area contributed by atoms with E-state index in [0.717, 1.165) is 32.4 Å². The molecule has 3 rings (SSSR count). The van der Waals surface area contributed by atoms with E-state index in [4.69, 9.17) is 4.74 Å². The Morgan fingerprint density at radius 2 is 1.89 bits per heavy atom. The van der Waals surface area contributed by atoms with Crippen LogP contribution in [0.5, 0.6) is 0 Å². The van der Waals surface area contributed by atoms with Gasteiger partial charge in [0.15, 0.2) is 5.78 Å². The number of carbonyl (C=O) groups excluding carboxylic acids is 1. The van der Waals surface area contributed by atoms with Crippen LogP contribution in [0.1, 0.15) is 25.3 Å². The SMILES string of the molecule is CCC(Cc1ccccc1)(C(=O)C1(N2CCOCC2)C=CC=CC1)N(C)C. The fourth-order valence-corrected chi connectivity index (χ4v) is 4.50. The van der Waals surface area contributed by atoms with Crippen molar-refractivity contribution in [3.63, 3.8) is 0 Å². The second kappa shape index (κ2) is 8.51. The number of nitrogens with zero attached hydrogens (tertiary/aromatic N) is 2. The molecule has 0 N–H and O–H groups in total. The van der Waals surface area contributed by atoms with Gasteiger partial charge in [-0.25, -0.2) is 0 Å². The van der Waals surface area contributed by atoms with E-state index in [1.54, 1.807) is 0 Å². The van der Waals surface area contributed by atoms with Crippen molar-refractivity contribution in [1.29, 1.82) is 0 Å². The molecule has 1 aliphatic heterocycles. The van der Waals surface area contributed by atoms with Crippen LogP contribution < -0.4 is 0 Å². The zero-order chi connectivity index (χ0) is 19.3. The fourth-order valence-electron chi connectivity index (χ4n) is 4.50. The van der Waals surface area contributed by atoms with E-state index >= 15 is 0 Å². The molecule has 0 spiro atoms. The number of hydrogen-bond donors (Lipinski definition) is 0. The first-order valence-corrected chi connectivity index (χ1v) is 9.98. The number of carbonyl (C=O) groups is 1. The summed E-state index contributed by atoms with van der Waals surface area (Å²) in [6.45, 7) is 5.10. The molecule has 0 bridgehead atoms. The second-order valence-corrected chi connectivity index (χ2v) is 7.79. The third kappa shape index (κ3) is 3.79. The lowest BCUT2D eigenvalue weighted by Crippen LogP contribution is -2.67. The summed E-state index contributed by atoms with van der Waals surface area (Å²) in [6, 6.07) is 10.4. The van der Waals surface area contributed by atoms with Gasteiger partial charge in [-0.2, -0.15) is 0 Å². The van der Waals surface area contributed by atoms with Crippen molar-refractivity contribution in [2.75, 3.05) is 40.4 Å². The van der Waals surface area contributed by atoms with E-state index in [0.29, 0.717) is 19.0 Å². The van der Waals surface area contributed by atoms with Crippen LogP contribution in [0.15, 0.2) is 54.6 Å². The standard InChI is InChI=1S/C23H32N2O2/c1-4-22(24(2)3,19-20-11-7-5-8-12-20)21(26)23(13-9-6-10-14-23)25-15-17-27-18-16-25/h5-13H,4,14-19H2,1-3H3. The Balaban J connectivity index is 2.02. The summed E-state index contributed by atoms with van der Waals surface area (Å²) in [5.41, 5.74) is 0.0665. The van der Waals surface area contributed by atoms with Crippen molar-refractivity contribution in [1.82, 2.24) is 9.80 Å². The molecule has 1 fully saturated rings. The molecule has 0 saturated carbocycles. The summed E-state index contributed by atoms with van der Waals surface area (Å²) >= 11 is 0. The molecule has 2 aliphatic rings. The number of ketones is 1. The lowest BCUT2D eigenvalue weighted by molar-refractivity contribution is -0.143. The number of allylic oxidation sites excluding steroid dienone is 2. The summed E-state index contributed by atoms with van der Waals surface area (Å²) in [5.74, 6) is 0.300. The topological polar surface area (TPSA) is 32.8 Å². The van der Waals surface area contributed by atoms with Crippen molar-refractivity contribution >= 4 is 5.78 Å². The average Bonchev–Trinajstić information content (AvgIpc) is 2.73. The maximum atomic E-state index is 14.3. The maximum Gasteiger partial charge on any atom is 0.177 e. The highest BCUT2D eigenvalue weighted by molar-refractivity contribution is 5.99.